The van der Waals surface area contributed by atoms with Crippen LogP contribution in [0.4, 0.5) is 0 Å². The van der Waals surface area contributed by atoms with Gasteiger partial charge >= 0.3 is 0 Å². The van der Waals surface area contributed by atoms with Crippen LogP contribution >= 0.6 is 15.9 Å². The van der Waals surface area contributed by atoms with E-state index in [4.69, 9.17) is 26.6 Å². The van der Waals surface area contributed by atoms with Crippen LogP contribution in [0.15, 0.2) is 77.3 Å². The normalized spacial score (nSPS) is 18.9. The van der Waals surface area contributed by atoms with Gasteiger partial charge in [-0.25, -0.2) is 0 Å². The Hall–Kier alpha value is -11.0. The number of aryl methyl sites for hydroxylation is 2. The van der Waals surface area contributed by atoms with Crippen molar-refractivity contribution in [3.05, 3.63) is 143 Å². The highest BCUT2D eigenvalue weighted by atomic mass is 79.9. The van der Waals surface area contributed by atoms with Crippen LogP contribution in [-0.4, -0.2) is 195 Å². The molecule has 0 aromatic heterocycles. The lowest BCUT2D eigenvalue weighted by molar-refractivity contribution is -0.137. The largest absolute Gasteiger partial charge is 0.396 e. The molecule has 8 aliphatic heterocycles. The first-order valence-corrected chi connectivity index (χ1v) is 36.6. The van der Waals surface area contributed by atoms with E-state index in [9.17, 15) is 85.1 Å². The summed E-state index contributed by atoms with van der Waals surface area (Å²) in [5, 5.41) is 34.3. The summed E-state index contributed by atoms with van der Waals surface area (Å²) in [6.45, 7) is 0.575. The third kappa shape index (κ3) is 21.4. The number of unbranched alkanes of at least 4 members (excludes halogenated alkanes) is 6. The molecule has 8 aliphatic rings. The molecule has 108 heavy (non-hydrogen) atoms. The molecule has 572 valence electrons. The van der Waals surface area contributed by atoms with E-state index in [0.717, 1.165) is 81.9 Å². The average Bonchev–Trinajstić information content (AvgIpc) is 1.64. The van der Waals surface area contributed by atoms with Gasteiger partial charge in [0.25, 0.3) is 57.4 Å². The number of terminal acetylenes is 1. The third-order valence-electron chi connectivity index (χ3n) is 17.6. The number of benzene rings is 4. The van der Waals surface area contributed by atoms with Crippen molar-refractivity contribution < 1.29 is 105 Å². The van der Waals surface area contributed by atoms with E-state index in [1.807, 2.05) is 6.07 Å². The fourth-order valence-electron chi connectivity index (χ4n) is 12.3. The van der Waals surface area contributed by atoms with Gasteiger partial charge in [0.1, 0.15) is 24.2 Å². The van der Waals surface area contributed by atoms with Crippen LogP contribution in [0.2, 0.25) is 0 Å². The van der Waals surface area contributed by atoms with Crippen molar-refractivity contribution in [2.24, 2.45) is 0 Å². The monoisotopic (exact) mass is 1570 g/mol. The lowest BCUT2D eigenvalue weighted by Crippen LogP contribution is -2.54. The highest BCUT2D eigenvalue weighted by Crippen LogP contribution is 2.34. The zero-order chi connectivity index (χ0) is 78.4. The van der Waals surface area contributed by atoms with Crippen molar-refractivity contribution in [3.8, 4) is 24.2 Å². The number of rotatable bonds is 20. The third-order valence-corrected chi connectivity index (χ3v) is 18.6. The van der Waals surface area contributed by atoms with E-state index in [1.54, 1.807) is 54.6 Å². The van der Waals surface area contributed by atoms with Gasteiger partial charge in [0.2, 0.25) is 47.3 Å². The first kappa shape index (κ1) is 85.9. The molecule has 8 heterocycles. The topological polar surface area (TPSA) is 479 Å². The molecule has 4 aromatic rings. The maximum atomic E-state index is 12.8. The summed E-state index contributed by atoms with van der Waals surface area (Å²) in [6, 6.07) is 15.8. The Morgan fingerprint density at radius 2 is 0.769 bits per heavy atom. The molecule has 8 N–H and O–H groups in total. The minimum Gasteiger partial charge on any atom is -0.396 e. The number of fused-ring (bicyclic) bond motifs is 4. The first-order valence-electron chi connectivity index (χ1n) is 34.0. The molecule has 0 spiro atoms. The minimum atomic E-state index is -3.42. The summed E-state index contributed by atoms with van der Waals surface area (Å²) in [6.07, 6.45) is 15.4. The number of nitrogens with zero attached hydrogens (tertiary/aromatic N) is 4. The van der Waals surface area contributed by atoms with Crippen molar-refractivity contribution in [1.29, 1.82) is 5.59 Å². The lowest BCUT2D eigenvalue weighted by atomic mass is 10.0. The van der Waals surface area contributed by atoms with Crippen LogP contribution in [0.1, 0.15) is 223 Å². The molecular weight excluding hydrogens is 1490 g/mol. The van der Waals surface area contributed by atoms with Crippen LogP contribution in [0.3, 0.4) is 0 Å². The minimum absolute atomic E-state index is 0. The number of carbonyl (C=O) groups is 16. The van der Waals surface area contributed by atoms with E-state index in [0.29, 0.717) is 53.3 Å². The second kappa shape index (κ2) is 40.1. The van der Waals surface area contributed by atoms with Gasteiger partial charge in [-0.3, -0.25) is 122 Å². The van der Waals surface area contributed by atoms with Gasteiger partial charge in [-0.15, -0.1) is 12.3 Å². The highest BCUT2D eigenvalue weighted by molar-refractivity contribution is 9.10. The number of imide groups is 8. The molecule has 12 rings (SSSR count). The van der Waals surface area contributed by atoms with Gasteiger partial charge in [-0.05, 0) is 149 Å². The summed E-state index contributed by atoms with van der Waals surface area (Å²) in [4.78, 5) is 204. The molecule has 0 aliphatic carbocycles. The maximum absolute atomic E-state index is 12.8. The quantitative estimate of drug-likeness (QED) is 0.0204. The average molecular weight is 1580 g/mol. The van der Waals surface area contributed by atoms with Gasteiger partial charge in [-0.2, -0.15) is 13.3 Å². The van der Waals surface area contributed by atoms with Gasteiger partial charge in [-0.1, -0.05) is 65.8 Å². The number of nitroso groups, excluding NO2 is 1. The van der Waals surface area contributed by atoms with Crippen molar-refractivity contribution >= 4 is 121 Å². The molecule has 0 saturated carbocycles. The number of hydrogen-bond acceptors (Lipinski definition) is 24. The Morgan fingerprint density at radius 1 is 0.444 bits per heavy atom. The van der Waals surface area contributed by atoms with Crippen LogP contribution < -0.4 is 21.3 Å². The van der Waals surface area contributed by atoms with Crippen LogP contribution in [0.5, 0.6) is 0 Å². The Labute approximate surface area is 628 Å². The van der Waals surface area contributed by atoms with Crippen molar-refractivity contribution in [3.63, 3.8) is 0 Å². The number of piperidine rings is 4. The van der Waals surface area contributed by atoms with E-state index < -0.39 is 117 Å². The Kier molecular flexibility index (Phi) is 31.9. The second-order valence-electron chi connectivity index (χ2n) is 25.0. The number of aliphatic hydroxyl groups excluding tert-OH is 3. The van der Waals surface area contributed by atoms with E-state index >= 15 is 0 Å². The van der Waals surface area contributed by atoms with E-state index in [2.05, 4.69) is 64.7 Å². The summed E-state index contributed by atoms with van der Waals surface area (Å²) in [5.41, 5.74) is 9.03. The summed E-state index contributed by atoms with van der Waals surface area (Å²) in [5.74, 6) is 0.0423. The molecule has 0 bridgehead atoms. The van der Waals surface area contributed by atoms with E-state index in [1.165, 1.54) is 12.1 Å². The second-order valence-corrected chi connectivity index (χ2v) is 27.6. The molecule has 4 fully saturated rings. The Balaban J connectivity index is 0.000000218. The predicted octanol–water partition coefficient (Wildman–Crippen LogP) is 3.99. The fourth-order valence-corrected chi connectivity index (χ4v) is 13.1. The summed E-state index contributed by atoms with van der Waals surface area (Å²) in [7, 11) is -3.42. The van der Waals surface area contributed by atoms with Gasteiger partial charge in [0.15, 0.2) is 0 Å². The molecule has 34 heteroatoms. The van der Waals surface area contributed by atoms with Crippen LogP contribution in [-0.2, 0) is 65.5 Å². The molecule has 4 atom stereocenters. The SMILES string of the molecule is C.C#CCCCO.CS(=O)(=O)OCCCCCc1ccc2c(c1)C(=O)N(C1CCC(=O)NC1=O)C2=O.N=O.O=C1CCC(N2C(=O)c3ccc(Br)cc3C2=O)C(=O)N1.O=C1CCC(N2C(=O)c3ccc(C#CCCCO)cc3C2=O)C(=O)N1.O=C1CCC(N2C(=O)c3ccc(CCCCCO)cc3C2=O)C(=O)N1. The van der Waals surface area contributed by atoms with Gasteiger partial charge in [0, 0.05) is 68.4 Å². The first-order chi connectivity index (χ1) is 51.1. The Morgan fingerprint density at radius 3 is 1.11 bits per heavy atom. The number of halogens is 1. The Bertz CT molecular complexity index is 4490. The number of amides is 16. The van der Waals surface area contributed by atoms with E-state index in [-0.39, 0.29) is 130 Å². The molecular formula is C74H80BrN9O23S. The number of hydrogen-bond donors (Lipinski definition) is 8. The molecule has 4 aromatic carbocycles. The highest BCUT2D eigenvalue weighted by Gasteiger charge is 2.49. The maximum Gasteiger partial charge on any atom is 0.264 e. The number of aliphatic hydroxyl groups is 3. The number of nitrogens with one attached hydrogen (secondary N) is 5. The number of carbonyl (C=O) groups excluding carboxylic acids is 16. The standard InChI is InChI=1S/C19H22N2O7S.C18H20N2O5.C18H16N2O5.C13H9BrN2O4.C5H8O.CH4.HNO/c1-29(26,27)28-10-4-2-3-5-12-6-7-13-14(11-12)19(25)21(18(13)24)15-8-9-16(22)20-17(15)23;2*21-9-3-1-2-4-11-5-6-12-13(10-11)18(25)20(17(12)24)14-7-8-15(22)19-16(14)23;14-6-1-2-7-8(5-6)13(20)16(12(7)19)9-3-4-10(17)15-11(9)18;1-2-3-4-5-6;;1-2/h6-7,11,15H,2-5,8-10H2,1H3,(H,20,22,23);5-6,10,14,21H,1-4,7-9H2,(H,19,22,23);5-6,10,14,21H,1,3,7-9H2,(H,19,22,23);1-2,5,9H,3-4H2,(H,15,17,18);1,6H,3-5H2;1H4;1H. The lowest BCUT2D eigenvalue weighted by Gasteiger charge is -2.27. The summed E-state index contributed by atoms with van der Waals surface area (Å²) < 4.78 is 27.2. The summed E-state index contributed by atoms with van der Waals surface area (Å²) >= 11 is 3.24. The van der Waals surface area contributed by atoms with Gasteiger partial charge in [0.05, 0.1) is 57.4 Å². The van der Waals surface area contributed by atoms with Crippen LogP contribution in [0, 0.1) is 34.7 Å². The van der Waals surface area contributed by atoms with Gasteiger partial charge < -0.3 is 15.3 Å². The predicted molar refractivity (Wildman–Crippen MR) is 384 cm³/mol. The smallest absolute Gasteiger partial charge is 0.264 e. The molecule has 4 saturated heterocycles. The fraction of sp³-hybridized carbons (Fsp3) is 0.405. The zero-order valence-corrected chi connectivity index (χ0v) is 60.3. The molecule has 32 nitrogen and oxygen atoms in total. The van der Waals surface area contributed by atoms with Crippen molar-refractivity contribution in [2.75, 3.05) is 32.7 Å². The van der Waals surface area contributed by atoms with Crippen LogP contribution in [0.25, 0.3) is 0 Å². The van der Waals surface area contributed by atoms with Crippen molar-refractivity contribution in [1.82, 2.24) is 40.9 Å². The zero-order valence-electron chi connectivity index (χ0n) is 57.9. The molecule has 16 amide bonds. The van der Waals surface area contributed by atoms with Crippen molar-refractivity contribution in [2.45, 2.75) is 160 Å². The molecule has 0 radical (unpaired) electrons. The molecule has 4 unspecified atom stereocenters.